The van der Waals surface area contributed by atoms with E-state index < -0.39 is 41.9 Å². The molecule has 1 aliphatic rings. The van der Waals surface area contributed by atoms with Gasteiger partial charge in [0.05, 0.1) is 0 Å². The second-order valence-corrected chi connectivity index (χ2v) is 9.12. The predicted molar refractivity (Wildman–Crippen MR) is 129 cm³/mol. The van der Waals surface area contributed by atoms with Gasteiger partial charge in [-0.15, -0.1) is 0 Å². The van der Waals surface area contributed by atoms with Crippen LogP contribution in [-0.4, -0.2) is 47.0 Å². The average molecular weight is 498 g/mol. The quantitative estimate of drug-likeness (QED) is 0.140. The third-order valence-corrected chi connectivity index (χ3v) is 5.87. The van der Waals surface area contributed by atoms with Crippen molar-refractivity contribution in [2.24, 2.45) is 0 Å². The fourth-order valence-electron chi connectivity index (χ4n) is 3.90. The molecule has 0 radical (unpaired) electrons. The molecule has 200 valence electrons. The van der Waals surface area contributed by atoms with Gasteiger partial charge >= 0.3 is 29.7 Å². The van der Waals surface area contributed by atoms with E-state index in [0.717, 1.165) is 71.1 Å². The molecule has 1 saturated heterocycles. The predicted octanol–water partition coefficient (Wildman–Crippen LogP) is 4.94. The first-order valence-corrected chi connectivity index (χ1v) is 13.3. The molecule has 0 N–H and O–H groups in total. The second-order valence-electron chi connectivity index (χ2n) is 9.12. The number of esters is 2. The zero-order valence-electron chi connectivity index (χ0n) is 21.7. The summed E-state index contributed by atoms with van der Waals surface area (Å²) in [5.74, 6) is -4.29. The maximum atomic E-state index is 12.6. The lowest BCUT2D eigenvalue weighted by Crippen LogP contribution is -2.37. The van der Waals surface area contributed by atoms with Crippen molar-refractivity contribution in [1.29, 1.82) is 0 Å². The number of nitrogens with zero attached hydrogens (tertiary/aromatic N) is 1. The van der Waals surface area contributed by atoms with E-state index in [9.17, 15) is 24.0 Å². The van der Waals surface area contributed by atoms with Crippen LogP contribution < -0.4 is 0 Å². The first kappa shape index (κ1) is 30.6. The number of carbonyl (C=O) groups is 5. The lowest BCUT2D eigenvalue weighted by atomic mass is 10.1. The van der Waals surface area contributed by atoms with Crippen molar-refractivity contribution in [3.05, 3.63) is 0 Å². The van der Waals surface area contributed by atoms with Crippen LogP contribution in [-0.2, 0) is 38.3 Å². The van der Waals surface area contributed by atoms with E-state index in [1.807, 2.05) is 0 Å². The zero-order valence-corrected chi connectivity index (χ0v) is 21.7. The number of unbranched alkanes of at least 4 members (excludes halogenated alkanes) is 12. The van der Waals surface area contributed by atoms with E-state index in [0.29, 0.717) is 12.8 Å². The Kier molecular flexibility index (Phi) is 15.6. The summed E-state index contributed by atoms with van der Waals surface area (Å²) < 4.78 is 10.5. The standard InChI is InChI=1S/C26H43NO8/c1-4-6-8-10-12-14-16-18-21(29)33-23-24(26(32)27(25(23)31)35-20(3)28)34-22(30)19-17-15-13-11-9-7-5-2/h23-24H,4-19H2,1-3H3. The van der Waals surface area contributed by atoms with Gasteiger partial charge in [-0.25, -0.2) is 4.79 Å². The molecule has 1 aliphatic heterocycles. The van der Waals surface area contributed by atoms with Gasteiger partial charge in [0.1, 0.15) is 0 Å². The molecule has 2 atom stereocenters. The van der Waals surface area contributed by atoms with Crippen molar-refractivity contribution in [1.82, 2.24) is 5.06 Å². The Balaban J connectivity index is 2.57. The molecule has 0 bridgehead atoms. The van der Waals surface area contributed by atoms with Crippen molar-refractivity contribution in [3.63, 3.8) is 0 Å². The minimum atomic E-state index is -1.66. The highest BCUT2D eigenvalue weighted by atomic mass is 16.7. The summed E-state index contributed by atoms with van der Waals surface area (Å²) in [7, 11) is 0. The molecule has 2 amide bonds. The summed E-state index contributed by atoms with van der Waals surface area (Å²) in [6.45, 7) is 5.32. The van der Waals surface area contributed by atoms with E-state index in [1.165, 1.54) is 12.8 Å². The Labute approximate surface area is 209 Å². The SMILES string of the molecule is CCCCCCCCCC(=O)OC1C(=O)N(OC(C)=O)C(=O)C1OC(=O)CCCCCCCCC. The second kappa shape index (κ2) is 17.9. The van der Waals surface area contributed by atoms with Gasteiger partial charge in [-0.3, -0.25) is 19.2 Å². The Morgan fingerprint density at radius 3 is 1.31 bits per heavy atom. The molecule has 0 spiro atoms. The number of hydroxylamine groups is 2. The normalized spacial score (nSPS) is 17.5. The third-order valence-electron chi connectivity index (χ3n) is 5.87. The van der Waals surface area contributed by atoms with Crippen molar-refractivity contribution in [3.8, 4) is 0 Å². The average Bonchev–Trinajstić information content (AvgIpc) is 3.01. The molecule has 0 aromatic heterocycles. The van der Waals surface area contributed by atoms with Crippen LogP contribution in [0.5, 0.6) is 0 Å². The Bertz CT molecular complexity index is 643. The van der Waals surface area contributed by atoms with Gasteiger partial charge in [0.2, 0.25) is 12.2 Å². The number of carbonyl (C=O) groups excluding carboxylic acids is 5. The Morgan fingerprint density at radius 2 is 0.971 bits per heavy atom. The molecule has 1 fully saturated rings. The minimum Gasteiger partial charge on any atom is -0.447 e. The number of hydrogen-bond donors (Lipinski definition) is 0. The first-order valence-electron chi connectivity index (χ1n) is 13.3. The molecule has 2 unspecified atom stereocenters. The van der Waals surface area contributed by atoms with E-state index in [-0.39, 0.29) is 17.9 Å². The van der Waals surface area contributed by atoms with E-state index in [1.54, 1.807) is 0 Å². The number of amides is 2. The molecule has 1 heterocycles. The molecule has 1 rings (SSSR count). The van der Waals surface area contributed by atoms with Crippen LogP contribution in [0.25, 0.3) is 0 Å². The van der Waals surface area contributed by atoms with Gasteiger partial charge in [0.25, 0.3) is 0 Å². The van der Waals surface area contributed by atoms with Crippen LogP contribution in [0.1, 0.15) is 124 Å². The summed E-state index contributed by atoms with van der Waals surface area (Å²) in [4.78, 5) is 65.8. The molecule has 9 heteroatoms. The monoisotopic (exact) mass is 497 g/mol. The molecule has 35 heavy (non-hydrogen) atoms. The molecular weight excluding hydrogens is 454 g/mol. The summed E-state index contributed by atoms with van der Waals surface area (Å²) >= 11 is 0. The largest absolute Gasteiger partial charge is 0.447 e. The molecule has 0 saturated carbocycles. The van der Waals surface area contributed by atoms with Gasteiger partial charge < -0.3 is 14.3 Å². The summed E-state index contributed by atoms with van der Waals surface area (Å²) in [5.41, 5.74) is 0. The lowest BCUT2D eigenvalue weighted by molar-refractivity contribution is -0.198. The van der Waals surface area contributed by atoms with E-state index >= 15 is 0 Å². The van der Waals surface area contributed by atoms with Gasteiger partial charge in [0, 0.05) is 19.8 Å². The van der Waals surface area contributed by atoms with Crippen molar-refractivity contribution >= 4 is 29.7 Å². The van der Waals surface area contributed by atoms with Crippen molar-refractivity contribution < 1.29 is 38.3 Å². The van der Waals surface area contributed by atoms with Crippen LogP contribution in [0, 0.1) is 0 Å². The molecule has 0 aliphatic carbocycles. The third kappa shape index (κ3) is 12.2. The number of rotatable bonds is 19. The van der Waals surface area contributed by atoms with Crippen LogP contribution in [0.15, 0.2) is 0 Å². The highest BCUT2D eigenvalue weighted by molar-refractivity contribution is 6.08. The first-order chi connectivity index (χ1) is 16.8. The maximum absolute atomic E-state index is 12.6. The van der Waals surface area contributed by atoms with Crippen LogP contribution >= 0.6 is 0 Å². The Hall–Kier alpha value is -2.45. The molecular formula is C26H43NO8. The van der Waals surface area contributed by atoms with Gasteiger partial charge in [-0.05, 0) is 12.8 Å². The van der Waals surface area contributed by atoms with Crippen molar-refractivity contribution in [2.75, 3.05) is 0 Å². The summed E-state index contributed by atoms with van der Waals surface area (Å²) in [6.07, 6.45) is 11.0. The van der Waals surface area contributed by atoms with Gasteiger partial charge in [-0.2, -0.15) is 0 Å². The van der Waals surface area contributed by atoms with E-state index in [2.05, 4.69) is 18.7 Å². The van der Waals surface area contributed by atoms with Crippen LogP contribution in [0.3, 0.4) is 0 Å². The molecule has 9 nitrogen and oxygen atoms in total. The lowest BCUT2D eigenvalue weighted by Gasteiger charge is -2.16. The van der Waals surface area contributed by atoms with E-state index in [4.69, 9.17) is 9.47 Å². The van der Waals surface area contributed by atoms with Gasteiger partial charge in [0.15, 0.2) is 0 Å². The fraction of sp³-hybridized carbons (Fsp3) is 0.808. The smallest absolute Gasteiger partial charge is 0.330 e. The highest BCUT2D eigenvalue weighted by Crippen LogP contribution is 2.23. The molecule has 0 aromatic rings. The van der Waals surface area contributed by atoms with Gasteiger partial charge in [-0.1, -0.05) is 96.0 Å². The Morgan fingerprint density at radius 1 is 0.629 bits per heavy atom. The summed E-state index contributed by atoms with van der Waals surface area (Å²) in [5, 5.41) is 0.222. The van der Waals surface area contributed by atoms with Crippen molar-refractivity contribution in [2.45, 2.75) is 136 Å². The number of imide groups is 1. The number of hydrogen-bond acceptors (Lipinski definition) is 8. The highest BCUT2D eigenvalue weighted by Gasteiger charge is 2.55. The van der Waals surface area contributed by atoms with Crippen LogP contribution in [0.4, 0.5) is 0 Å². The summed E-state index contributed by atoms with van der Waals surface area (Å²) in [6, 6.07) is 0. The minimum absolute atomic E-state index is 0.0814. The maximum Gasteiger partial charge on any atom is 0.330 e. The molecule has 0 aromatic carbocycles. The topological polar surface area (TPSA) is 116 Å². The van der Waals surface area contributed by atoms with Crippen LogP contribution in [0.2, 0.25) is 0 Å². The fourth-order valence-corrected chi connectivity index (χ4v) is 3.90. The zero-order chi connectivity index (χ0) is 26.1. The number of ether oxygens (including phenoxy) is 2.